The molecule has 1 aliphatic carbocycles. The molecule has 0 bridgehead atoms. The van der Waals surface area contributed by atoms with E-state index < -0.39 is 25.0 Å². The minimum absolute atomic E-state index is 0.00242. The molecule has 1 saturated carbocycles. The molecule has 1 fully saturated rings. The van der Waals surface area contributed by atoms with Crippen molar-refractivity contribution in [3.63, 3.8) is 0 Å². The van der Waals surface area contributed by atoms with Crippen LogP contribution in [-0.4, -0.2) is 66.6 Å². The maximum Gasteiger partial charge on any atom is 0.306 e. The summed E-state index contributed by atoms with van der Waals surface area (Å²) in [5.74, 6) is 0.927. The summed E-state index contributed by atoms with van der Waals surface area (Å²) in [6, 6.07) is 24.3. The van der Waals surface area contributed by atoms with Crippen LogP contribution < -0.4 is 4.74 Å². The van der Waals surface area contributed by atoms with E-state index in [9.17, 15) is 9.59 Å². The van der Waals surface area contributed by atoms with Crippen molar-refractivity contribution in [2.45, 2.75) is 206 Å². The average molecular weight is 1050 g/mol. The summed E-state index contributed by atoms with van der Waals surface area (Å²) >= 11 is 0. The number of unbranched alkanes of at least 4 members (excludes halogenated alkanes) is 1. The molecular formula is C62H93NO7Si3. The molecule has 73 heavy (non-hydrogen) atoms. The number of rotatable bonds is 24. The molecule has 4 aromatic rings. The van der Waals surface area contributed by atoms with Gasteiger partial charge in [0.1, 0.15) is 24.7 Å². The number of hydrogen-bond acceptors (Lipinski definition) is 8. The van der Waals surface area contributed by atoms with Crippen molar-refractivity contribution in [1.29, 1.82) is 0 Å². The van der Waals surface area contributed by atoms with Crippen LogP contribution in [0.25, 0.3) is 10.8 Å². The predicted molar refractivity (Wildman–Crippen MR) is 311 cm³/mol. The number of nitrogens with zero attached hydrogens (tertiary/aromatic N) is 1. The summed E-state index contributed by atoms with van der Waals surface area (Å²) in [5.41, 5.74) is 4.06. The number of benzene rings is 3. The van der Waals surface area contributed by atoms with Crippen LogP contribution in [0, 0.1) is 18.8 Å². The number of fused-ring (bicyclic) bond motifs is 1. The van der Waals surface area contributed by atoms with Crippen LogP contribution in [0.4, 0.5) is 0 Å². The van der Waals surface area contributed by atoms with Gasteiger partial charge in [0.25, 0.3) is 0 Å². The number of hydrogen-bond donors (Lipinski definition) is 0. The lowest BCUT2D eigenvalue weighted by Crippen LogP contribution is -2.45. The number of carbonyl (C=O) groups excluding carboxylic acids is 2. The molecule has 1 aliphatic rings. The number of esters is 1. The number of allylic oxidation sites excluding steroid dienone is 2. The molecular weight excluding hydrogens is 955 g/mol. The van der Waals surface area contributed by atoms with Crippen LogP contribution in [0.5, 0.6) is 5.75 Å². The third-order valence-electron chi connectivity index (χ3n) is 16.6. The van der Waals surface area contributed by atoms with Crippen LogP contribution >= 0.6 is 0 Å². The van der Waals surface area contributed by atoms with Gasteiger partial charge in [-0.2, -0.15) is 0 Å². The highest BCUT2D eigenvalue weighted by Crippen LogP contribution is 2.48. The van der Waals surface area contributed by atoms with Crippen molar-refractivity contribution >= 4 is 47.5 Å². The molecule has 0 spiro atoms. The first kappa shape index (κ1) is 59.9. The van der Waals surface area contributed by atoms with Gasteiger partial charge in [-0.15, -0.1) is 0 Å². The zero-order chi connectivity index (χ0) is 54.0. The smallest absolute Gasteiger partial charge is 0.306 e. The second-order valence-corrected chi connectivity index (χ2v) is 39.7. The topological polar surface area (TPSA) is 93.2 Å². The van der Waals surface area contributed by atoms with Crippen molar-refractivity contribution in [3.05, 3.63) is 132 Å². The summed E-state index contributed by atoms with van der Waals surface area (Å²) in [6.45, 7) is 39.7. The third-order valence-corrected chi connectivity index (χ3v) is 30.1. The predicted octanol–water partition coefficient (Wildman–Crippen LogP) is 16.5. The number of aromatic nitrogens is 1. The number of ketones is 1. The molecule has 0 saturated heterocycles. The van der Waals surface area contributed by atoms with Crippen molar-refractivity contribution < 1.29 is 32.3 Å². The second-order valence-electron chi connectivity index (χ2n) is 25.4. The fourth-order valence-corrected chi connectivity index (χ4v) is 12.9. The van der Waals surface area contributed by atoms with Crippen molar-refractivity contribution in [2.75, 3.05) is 6.61 Å². The van der Waals surface area contributed by atoms with Gasteiger partial charge < -0.3 is 22.8 Å². The standard InChI is InChI=1S/C62H93NO7Si3/c1-18-53(56(64)40-47-30-33-50-42-63-37-36-49(50)39-47)48-31-28-46(29-32-48)43-67-59(65)27-22-20-19-21-26-54-55(58(70-73(16,17)62(9,10)11)41-57(54)69-72(14,15)61(6,7)8)35-34-52(68-71(12,13)60(3,4)5)44-66-51-25-23-24-45(2)38-51/h19,21,23-25,28-39,42,52-55,57-58H,18,20,22,26-27,40-41,43-44H2,1-17H3/b21-19-,35-34+/t52-,53?,54?,55-,57?,58-/m1/s1. The summed E-state index contributed by atoms with van der Waals surface area (Å²) in [6.07, 6.45) is 17.2. The molecule has 5 rings (SSSR count). The largest absolute Gasteiger partial charge is 0.491 e. The Labute approximate surface area is 444 Å². The first-order valence-electron chi connectivity index (χ1n) is 27.2. The number of carbonyl (C=O) groups is 2. The Balaban J connectivity index is 1.26. The Morgan fingerprint density at radius 2 is 1.40 bits per heavy atom. The van der Waals surface area contributed by atoms with Gasteiger partial charge in [-0.25, -0.2) is 0 Å². The van der Waals surface area contributed by atoms with E-state index >= 15 is 0 Å². The van der Waals surface area contributed by atoms with Crippen LogP contribution in [-0.2, 0) is 40.6 Å². The number of aryl methyl sites for hydroxylation is 1. The van der Waals surface area contributed by atoms with E-state index in [1.54, 1.807) is 6.20 Å². The van der Waals surface area contributed by atoms with E-state index in [1.165, 1.54) is 0 Å². The van der Waals surface area contributed by atoms with Crippen LogP contribution in [0.15, 0.2) is 109 Å². The first-order valence-corrected chi connectivity index (χ1v) is 35.9. The van der Waals surface area contributed by atoms with Gasteiger partial charge in [-0.05, 0) is 145 Å². The number of pyridine rings is 1. The molecule has 0 amide bonds. The van der Waals surface area contributed by atoms with E-state index in [0.29, 0.717) is 32.3 Å². The Bertz CT molecular complexity index is 2480. The molecule has 11 heteroatoms. The Kier molecular flexibility index (Phi) is 20.7. The summed E-state index contributed by atoms with van der Waals surface area (Å²) in [5, 5.41) is 2.29. The highest BCUT2D eigenvalue weighted by Gasteiger charge is 2.50. The Hall–Kier alpha value is -3.98. The molecule has 0 radical (unpaired) electrons. The molecule has 8 nitrogen and oxygen atoms in total. The molecule has 6 atom stereocenters. The van der Waals surface area contributed by atoms with Crippen LogP contribution in [0.1, 0.15) is 136 Å². The molecule has 1 aromatic heterocycles. The molecule has 400 valence electrons. The SMILES string of the molecule is CCC(C(=O)Cc1ccc2cnccc2c1)c1ccc(COC(=O)CCC/C=C\CC2C(O[Si](C)(C)C(C)(C)C)C[C@@H](O[Si](C)(C)C(C)(C)C)[C@@H]2/C=C/[C@H](COc2cccc(C)c2)O[Si](C)(C)C(C)(C)C)cc1. The van der Waals surface area contributed by atoms with Gasteiger partial charge in [0, 0.05) is 42.5 Å². The summed E-state index contributed by atoms with van der Waals surface area (Å²) < 4.78 is 34.2. The summed E-state index contributed by atoms with van der Waals surface area (Å²) in [4.78, 5) is 30.7. The lowest BCUT2D eigenvalue weighted by Gasteiger charge is -2.40. The van der Waals surface area contributed by atoms with Gasteiger partial charge in [0.05, 0.1) is 18.3 Å². The molecule has 3 unspecified atom stereocenters. The fourth-order valence-electron chi connectivity index (χ4n) is 8.89. The molecule has 0 N–H and O–H groups in total. The maximum atomic E-state index is 13.5. The van der Waals surface area contributed by atoms with Gasteiger partial charge >= 0.3 is 5.97 Å². The van der Waals surface area contributed by atoms with Crippen molar-refractivity contribution in [1.82, 2.24) is 4.98 Å². The molecule has 1 heterocycles. The molecule has 0 aliphatic heterocycles. The van der Waals surface area contributed by atoms with Crippen molar-refractivity contribution in [3.8, 4) is 5.75 Å². The lowest BCUT2D eigenvalue weighted by molar-refractivity contribution is -0.145. The Morgan fingerprint density at radius 1 is 0.753 bits per heavy atom. The fraction of sp³-hybridized carbons (Fsp3) is 0.565. The van der Waals surface area contributed by atoms with Crippen LogP contribution in [0.2, 0.25) is 54.4 Å². The highest BCUT2D eigenvalue weighted by atomic mass is 28.4. The van der Waals surface area contributed by atoms with E-state index in [1.807, 2.05) is 60.8 Å². The van der Waals surface area contributed by atoms with Gasteiger partial charge in [0.15, 0.2) is 25.0 Å². The second kappa shape index (κ2) is 25.2. The quantitative estimate of drug-likeness (QED) is 0.0297. The van der Waals surface area contributed by atoms with E-state index in [0.717, 1.165) is 58.0 Å². The van der Waals surface area contributed by atoms with Gasteiger partial charge in [-0.3, -0.25) is 14.6 Å². The zero-order valence-electron chi connectivity index (χ0n) is 48.0. The molecule has 3 aromatic carbocycles. The van der Waals surface area contributed by atoms with Gasteiger partial charge in [-0.1, -0.05) is 148 Å². The van der Waals surface area contributed by atoms with Crippen molar-refractivity contribution in [2.24, 2.45) is 11.8 Å². The lowest BCUT2D eigenvalue weighted by atomic mass is 9.88. The third kappa shape index (κ3) is 17.0. The maximum absolute atomic E-state index is 13.5. The number of Topliss-reactive ketones (excluding diaryl/α,β-unsaturated/α-hetero) is 1. The number of ether oxygens (including phenoxy) is 2. The average Bonchev–Trinajstić information content (AvgIpc) is 3.60. The van der Waals surface area contributed by atoms with E-state index in [-0.39, 0.29) is 69.5 Å². The van der Waals surface area contributed by atoms with Crippen LogP contribution in [0.3, 0.4) is 0 Å². The monoisotopic (exact) mass is 1050 g/mol. The normalized spacial score (nSPS) is 19.2. The summed E-state index contributed by atoms with van der Waals surface area (Å²) in [7, 11) is -6.51. The minimum Gasteiger partial charge on any atom is -0.491 e. The highest BCUT2D eigenvalue weighted by molar-refractivity contribution is 6.75. The zero-order valence-corrected chi connectivity index (χ0v) is 51.0. The Morgan fingerprint density at radius 3 is 2.03 bits per heavy atom. The van der Waals surface area contributed by atoms with E-state index in [4.69, 9.17) is 22.8 Å². The van der Waals surface area contributed by atoms with Gasteiger partial charge in [0.2, 0.25) is 0 Å². The van der Waals surface area contributed by atoms with E-state index in [2.05, 4.69) is 163 Å². The minimum atomic E-state index is -2.18. The first-order chi connectivity index (χ1) is 34.0.